The van der Waals surface area contributed by atoms with Gasteiger partial charge in [0.15, 0.2) is 50.3 Å². The molecule has 0 aliphatic rings. The van der Waals surface area contributed by atoms with Crippen molar-refractivity contribution in [2.24, 2.45) is 0 Å². The van der Waals surface area contributed by atoms with Crippen LogP contribution in [-0.2, 0) is 66.8 Å². The number of benzene rings is 2. The lowest BCUT2D eigenvalue weighted by atomic mass is 9.88. The highest BCUT2D eigenvalue weighted by atomic mass is 17.2. The van der Waals surface area contributed by atoms with E-state index in [1.165, 1.54) is 24.3 Å². The van der Waals surface area contributed by atoms with Crippen LogP contribution in [-0.4, -0.2) is 111 Å². The predicted molar refractivity (Wildman–Crippen MR) is 282 cm³/mol. The van der Waals surface area contributed by atoms with Gasteiger partial charge in [0.1, 0.15) is 24.4 Å². The molecule has 0 amide bonds. The normalized spacial score (nSPS) is 12.6. The summed E-state index contributed by atoms with van der Waals surface area (Å²) in [5, 5.41) is 0. The summed E-state index contributed by atoms with van der Waals surface area (Å²) in [5.74, 6) is -8.93. The molecule has 20 nitrogen and oxygen atoms in total. The van der Waals surface area contributed by atoms with Crippen LogP contribution in [0.1, 0.15) is 246 Å². The molecular weight excluding hydrogens is 1020 g/mol. The van der Waals surface area contributed by atoms with Gasteiger partial charge in [-0.25, -0.2) is 19.4 Å². The molecule has 0 saturated carbocycles. The van der Waals surface area contributed by atoms with Gasteiger partial charge in [-0.1, -0.05) is 155 Å². The molecule has 0 aliphatic heterocycles. The third kappa shape index (κ3) is 25.1. The highest BCUT2D eigenvalue weighted by Gasteiger charge is 2.37. The highest BCUT2D eigenvalue weighted by Crippen LogP contribution is 2.28. The van der Waals surface area contributed by atoms with Crippen molar-refractivity contribution >= 4 is 58.9 Å². The van der Waals surface area contributed by atoms with Gasteiger partial charge in [-0.05, 0) is 37.8 Å². The number of Topliss-reactive ketones (excluding diaryl/α,β-unsaturated/α-hetero) is 4. The molecule has 0 saturated heterocycles. The first-order chi connectivity index (χ1) is 37.4. The van der Waals surface area contributed by atoms with E-state index in [9.17, 15) is 47.9 Å². The molecule has 20 heteroatoms. The van der Waals surface area contributed by atoms with Crippen LogP contribution in [0.15, 0.2) is 36.4 Å². The standard InChI is InChI=1S/C58H82O20/c1-9-13-17-21-31-47(73-35-69-39(5)59)53(63)43-27-25-29-45(51(43)55(65)49(33-23-19-15-11-3)75-37-71-41(7)61)57(67)77-78-58(68)46-30-26-28-44(54(64)48(32-22-18-14-10-2)74-36-70-40(6)60)52(46)56(66)50(34-24-20-16-12-4)76-38-72-42(8)62/h25-30,47-50H,9-24,31-38H2,1-8H3. The molecule has 0 aromatic heterocycles. The summed E-state index contributed by atoms with van der Waals surface area (Å²) in [7, 11) is 0. The van der Waals surface area contributed by atoms with Crippen molar-refractivity contribution in [1.82, 2.24) is 0 Å². The number of hydrogen-bond acceptors (Lipinski definition) is 20. The SMILES string of the molecule is CCCCCCC(OCOC(C)=O)C(=O)c1cccc(C(=O)OOC(=O)c2cccc(C(=O)C(CCCCCC)OCOC(C)=O)c2C(=O)C(CCCCCC)OCOC(C)=O)c1C(=O)C(CCCCCC)OCOC(C)=O. The first kappa shape index (κ1) is 67.9. The fraction of sp³-hybridized carbons (Fsp3) is 0.621. The zero-order chi connectivity index (χ0) is 57.8. The van der Waals surface area contributed by atoms with E-state index in [0.29, 0.717) is 38.5 Å². The molecule has 0 bridgehead atoms. The second kappa shape index (κ2) is 39.2. The van der Waals surface area contributed by atoms with Crippen LogP contribution in [0.5, 0.6) is 0 Å². The molecule has 434 valence electrons. The van der Waals surface area contributed by atoms with Crippen LogP contribution in [0.25, 0.3) is 0 Å². The molecule has 0 aliphatic carbocycles. The van der Waals surface area contributed by atoms with Crippen LogP contribution in [0.4, 0.5) is 0 Å². The summed E-state index contributed by atoms with van der Waals surface area (Å²) >= 11 is 0. The summed E-state index contributed by atoms with van der Waals surface area (Å²) in [6.45, 7) is 10.2. The number of esters is 4. The first-order valence-corrected chi connectivity index (χ1v) is 27.3. The summed E-state index contributed by atoms with van der Waals surface area (Å²) in [5.41, 5.74) is -2.73. The van der Waals surface area contributed by atoms with Gasteiger partial charge in [-0.3, -0.25) is 38.4 Å². The lowest BCUT2D eigenvalue weighted by molar-refractivity contribution is -0.187. The number of rotatable bonds is 42. The van der Waals surface area contributed by atoms with Gasteiger partial charge in [0.25, 0.3) is 0 Å². The maximum absolute atomic E-state index is 14.9. The van der Waals surface area contributed by atoms with Gasteiger partial charge >= 0.3 is 35.8 Å². The Labute approximate surface area is 458 Å². The number of unbranched alkanes of at least 4 members (excludes halogenated alkanes) is 12. The number of hydrogen-bond donors (Lipinski definition) is 0. The summed E-state index contributed by atoms with van der Waals surface area (Å²) in [6.07, 6.45) is 6.65. The Morgan fingerprint density at radius 2 is 0.577 bits per heavy atom. The van der Waals surface area contributed by atoms with E-state index < -0.39 is 133 Å². The van der Waals surface area contributed by atoms with Gasteiger partial charge in [-0.2, -0.15) is 0 Å². The molecule has 4 atom stereocenters. The number of carbonyl (C=O) groups is 10. The van der Waals surface area contributed by atoms with Gasteiger partial charge in [-0.15, -0.1) is 0 Å². The predicted octanol–water partition coefficient (Wildman–Crippen LogP) is 10.9. The third-order valence-corrected chi connectivity index (χ3v) is 12.4. The van der Waals surface area contributed by atoms with Crippen molar-refractivity contribution in [2.75, 3.05) is 27.2 Å². The number of ether oxygens (including phenoxy) is 8. The minimum atomic E-state index is -1.45. The fourth-order valence-electron chi connectivity index (χ4n) is 8.20. The molecule has 0 radical (unpaired) electrons. The van der Waals surface area contributed by atoms with Gasteiger partial charge in [0.05, 0.1) is 11.1 Å². The summed E-state index contributed by atoms with van der Waals surface area (Å²) in [4.78, 5) is 145. The largest absolute Gasteiger partial charge is 0.439 e. The molecule has 78 heavy (non-hydrogen) atoms. The Morgan fingerprint density at radius 3 is 0.821 bits per heavy atom. The van der Waals surface area contributed by atoms with E-state index in [0.717, 1.165) is 104 Å². The Kier molecular flexibility index (Phi) is 34.1. The topological polar surface area (TPSA) is 263 Å². The second-order valence-electron chi connectivity index (χ2n) is 18.7. The maximum atomic E-state index is 14.9. The van der Waals surface area contributed by atoms with Crippen LogP contribution >= 0.6 is 0 Å². The highest BCUT2D eigenvalue weighted by molar-refractivity contribution is 6.18. The lowest BCUT2D eigenvalue weighted by Crippen LogP contribution is -2.33. The molecule has 4 unspecified atom stereocenters. The Hall–Kier alpha value is -6.22. The van der Waals surface area contributed by atoms with E-state index >= 15 is 0 Å². The van der Waals surface area contributed by atoms with Crippen LogP contribution in [0.3, 0.4) is 0 Å². The van der Waals surface area contributed by atoms with Crippen molar-refractivity contribution < 1.29 is 95.6 Å². The van der Waals surface area contributed by atoms with Gasteiger partial charge < -0.3 is 37.9 Å². The average molecular weight is 1100 g/mol. The minimum absolute atomic E-state index is 0.0694. The number of carbonyl (C=O) groups excluding carboxylic acids is 10. The summed E-state index contributed by atoms with van der Waals surface area (Å²) < 4.78 is 43.2. The molecule has 0 fully saturated rings. The maximum Gasteiger partial charge on any atom is 0.387 e. The molecular formula is C58H82O20. The van der Waals surface area contributed by atoms with E-state index in [1.54, 1.807) is 0 Å². The monoisotopic (exact) mass is 1100 g/mol. The smallest absolute Gasteiger partial charge is 0.387 e. The van der Waals surface area contributed by atoms with Crippen molar-refractivity contribution in [3.05, 3.63) is 69.8 Å². The quantitative estimate of drug-likeness (QED) is 0.0114. The van der Waals surface area contributed by atoms with E-state index in [2.05, 4.69) is 0 Å². The zero-order valence-electron chi connectivity index (χ0n) is 46.9. The molecule has 2 rings (SSSR count). The lowest BCUT2D eigenvalue weighted by Gasteiger charge is -2.22. The Morgan fingerprint density at radius 1 is 0.333 bits per heavy atom. The van der Waals surface area contributed by atoms with Crippen molar-refractivity contribution in [3.63, 3.8) is 0 Å². The van der Waals surface area contributed by atoms with Crippen molar-refractivity contribution in [3.8, 4) is 0 Å². The third-order valence-electron chi connectivity index (χ3n) is 12.4. The van der Waals surface area contributed by atoms with Crippen LogP contribution in [0, 0.1) is 0 Å². The molecule has 0 spiro atoms. The van der Waals surface area contributed by atoms with E-state index in [4.69, 9.17) is 47.7 Å². The molecule has 0 N–H and O–H groups in total. The van der Waals surface area contributed by atoms with E-state index in [1.807, 2.05) is 27.7 Å². The first-order valence-electron chi connectivity index (χ1n) is 27.3. The van der Waals surface area contributed by atoms with Crippen molar-refractivity contribution in [1.29, 1.82) is 0 Å². The zero-order valence-corrected chi connectivity index (χ0v) is 46.9. The Balaban J connectivity index is 2.88. The second-order valence-corrected chi connectivity index (χ2v) is 18.7. The minimum Gasteiger partial charge on any atom is -0.439 e. The van der Waals surface area contributed by atoms with Crippen molar-refractivity contribution in [2.45, 2.75) is 208 Å². The summed E-state index contributed by atoms with van der Waals surface area (Å²) in [6, 6.07) is 7.49. The van der Waals surface area contributed by atoms with Crippen LogP contribution in [0.2, 0.25) is 0 Å². The molecule has 2 aromatic rings. The van der Waals surface area contributed by atoms with Crippen LogP contribution < -0.4 is 0 Å². The average Bonchev–Trinajstić information content (AvgIpc) is 3.41. The molecule has 0 heterocycles. The number of ketones is 4. The Bertz CT molecular complexity index is 2100. The fourth-order valence-corrected chi connectivity index (χ4v) is 8.20. The van der Waals surface area contributed by atoms with Gasteiger partial charge in [0, 0.05) is 49.9 Å². The molecule has 2 aromatic carbocycles. The van der Waals surface area contributed by atoms with Gasteiger partial charge in [0.2, 0.25) is 0 Å². The van der Waals surface area contributed by atoms with E-state index in [-0.39, 0.29) is 36.8 Å².